The number of pyridine rings is 1. The Hall–Kier alpha value is -2.07. The average Bonchev–Trinajstić information content (AvgIpc) is 2.26. The Balaban J connectivity index is 3.58. The molecule has 0 radical (unpaired) electrons. The van der Waals surface area contributed by atoms with Crippen molar-refractivity contribution in [1.29, 1.82) is 5.26 Å². The zero-order valence-electron chi connectivity index (χ0n) is 7.94. The van der Waals surface area contributed by atoms with Crippen molar-refractivity contribution >= 4 is 5.97 Å². The quantitative estimate of drug-likeness (QED) is 0.803. The fourth-order valence-electron chi connectivity index (χ4n) is 1.24. The van der Waals surface area contributed by atoms with Gasteiger partial charge in [0.2, 0.25) is 0 Å². The van der Waals surface area contributed by atoms with Crippen molar-refractivity contribution in [2.75, 3.05) is 0 Å². The van der Waals surface area contributed by atoms with Gasteiger partial charge in [-0.3, -0.25) is 4.98 Å². The lowest BCUT2D eigenvalue weighted by molar-refractivity contribution is 0.0683. The van der Waals surface area contributed by atoms with Crippen LogP contribution in [-0.2, 0) is 6.54 Å². The molecule has 1 heterocycles. The van der Waals surface area contributed by atoms with E-state index in [4.69, 9.17) is 16.1 Å². The summed E-state index contributed by atoms with van der Waals surface area (Å²) in [5.41, 5.74) is 3.21. The van der Waals surface area contributed by atoms with Crippen molar-refractivity contribution in [1.82, 2.24) is 4.98 Å². The van der Waals surface area contributed by atoms with E-state index in [-0.39, 0.29) is 12.2 Å². The second-order valence-electron chi connectivity index (χ2n) is 2.83. The van der Waals surface area contributed by atoms with Crippen molar-refractivity contribution in [2.24, 2.45) is 5.73 Å². The summed E-state index contributed by atoms with van der Waals surface area (Å²) in [4.78, 5) is 14.3. The van der Waals surface area contributed by atoms with Gasteiger partial charge >= 0.3 is 5.97 Å². The molecule has 1 aromatic heterocycles. The fraction of sp³-hybridized carbons (Fsp3) is 0.222. The number of nitrogens with two attached hydrogens (primary N) is 1. The molecule has 84 valence electrons. The Morgan fingerprint density at radius 3 is 2.69 bits per heavy atom. The highest BCUT2D eigenvalue weighted by Crippen LogP contribution is 2.27. The molecule has 1 rings (SSSR count). The highest BCUT2D eigenvalue weighted by atomic mass is 19.3. The van der Waals surface area contributed by atoms with Crippen LogP contribution in [0, 0.1) is 11.3 Å². The predicted molar refractivity (Wildman–Crippen MR) is 48.8 cm³/mol. The number of hydrogen-bond acceptors (Lipinski definition) is 4. The first-order valence-electron chi connectivity index (χ1n) is 4.16. The molecule has 0 saturated heterocycles. The van der Waals surface area contributed by atoms with Crippen LogP contribution in [0.1, 0.15) is 33.6 Å². The summed E-state index contributed by atoms with van der Waals surface area (Å²) in [7, 11) is 0. The van der Waals surface area contributed by atoms with Crippen molar-refractivity contribution in [2.45, 2.75) is 13.0 Å². The van der Waals surface area contributed by atoms with E-state index in [1.807, 2.05) is 0 Å². The van der Waals surface area contributed by atoms with Gasteiger partial charge in [0.05, 0.1) is 22.4 Å². The predicted octanol–water partition coefficient (Wildman–Crippen LogP) is 1.05. The molecule has 0 aliphatic heterocycles. The van der Waals surface area contributed by atoms with E-state index in [9.17, 15) is 13.6 Å². The summed E-state index contributed by atoms with van der Waals surface area (Å²) >= 11 is 0. The second-order valence-corrected chi connectivity index (χ2v) is 2.83. The normalized spacial score (nSPS) is 10.2. The van der Waals surface area contributed by atoms with Crippen LogP contribution >= 0.6 is 0 Å². The van der Waals surface area contributed by atoms with Gasteiger partial charge in [-0.05, 0) is 0 Å². The maximum Gasteiger partial charge on any atom is 0.337 e. The molecule has 7 heteroatoms. The van der Waals surface area contributed by atoms with Gasteiger partial charge in [-0.25, -0.2) is 13.6 Å². The zero-order valence-corrected chi connectivity index (χ0v) is 7.94. The number of carboxylic acids is 1. The van der Waals surface area contributed by atoms with Gasteiger partial charge in [0.1, 0.15) is 6.07 Å². The fourth-order valence-corrected chi connectivity index (χ4v) is 1.24. The average molecular weight is 227 g/mol. The third-order valence-electron chi connectivity index (χ3n) is 1.95. The summed E-state index contributed by atoms with van der Waals surface area (Å²) in [6.07, 6.45) is -2.28. The van der Waals surface area contributed by atoms with E-state index in [1.165, 1.54) is 6.07 Å². The van der Waals surface area contributed by atoms with Crippen LogP contribution in [0.3, 0.4) is 0 Å². The minimum atomic E-state index is -3.06. The van der Waals surface area contributed by atoms with E-state index < -0.39 is 29.1 Å². The number of halogens is 2. The van der Waals surface area contributed by atoms with E-state index in [0.717, 1.165) is 6.20 Å². The first-order valence-corrected chi connectivity index (χ1v) is 4.16. The number of nitriles is 1. The molecular weight excluding hydrogens is 220 g/mol. The number of aromatic carboxylic acids is 1. The number of carboxylic acid groups (broad SMARTS) is 1. The van der Waals surface area contributed by atoms with Crippen LogP contribution in [-0.4, -0.2) is 16.1 Å². The van der Waals surface area contributed by atoms with Crippen LogP contribution in [0.5, 0.6) is 0 Å². The largest absolute Gasteiger partial charge is 0.478 e. The number of aromatic nitrogens is 1. The molecule has 1 aromatic rings. The van der Waals surface area contributed by atoms with Gasteiger partial charge in [-0.1, -0.05) is 0 Å². The Labute approximate surface area is 89.1 Å². The molecular formula is C9H7F2N3O2. The van der Waals surface area contributed by atoms with Gasteiger partial charge < -0.3 is 10.8 Å². The topological polar surface area (TPSA) is 100 Å². The molecule has 0 atom stereocenters. The number of rotatable bonds is 3. The lowest BCUT2D eigenvalue weighted by Gasteiger charge is -2.09. The van der Waals surface area contributed by atoms with E-state index in [2.05, 4.69) is 4.98 Å². The lowest BCUT2D eigenvalue weighted by Crippen LogP contribution is -2.12. The van der Waals surface area contributed by atoms with Gasteiger partial charge in [-0.2, -0.15) is 5.26 Å². The van der Waals surface area contributed by atoms with E-state index in [1.54, 1.807) is 0 Å². The number of alkyl halides is 2. The standard InChI is InChI=1S/C9H7F2N3O2/c10-8(11)7-4(1-12)6(2-13)14-3-5(7)9(15)16/h3,8H,2,13H2,(H,15,16). The van der Waals surface area contributed by atoms with Crippen molar-refractivity contribution in [3.05, 3.63) is 28.6 Å². The molecule has 0 unspecified atom stereocenters. The van der Waals surface area contributed by atoms with Crippen molar-refractivity contribution in [3.8, 4) is 6.07 Å². The SMILES string of the molecule is N#Cc1c(CN)ncc(C(=O)O)c1C(F)F. The number of nitrogens with zero attached hydrogens (tertiary/aromatic N) is 2. The smallest absolute Gasteiger partial charge is 0.337 e. The Morgan fingerprint density at radius 2 is 2.31 bits per heavy atom. The third-order valence-corrected chi connectivity index (χ3v) is 1.95. The lowest BCUT2D eigenvalue weighted by atomic mass is 10.0. The summed E-state index contributed by atoms with van der Waals surface area (Å²) in [5, 5.41) is 17.4. The monoisotopic (exact) mass is 227 g/mol. The summed E-state index contributed by atoms with van der Waals surface area (Å²) < 4.78 is 25.3. The van der Waals surface area contributed by atoms with Crippen LogP contribution in [0.4, 0.5) is 8.78 Å². The summed E-state index contributed by atoms with van der Waals surface area (Å²) in [6, 6.07) is 1.51. The maximum atomic E-state index is 12.7. The highest BCUT2D eigenvalue weighted by molar-refractivity contribution is 5.90. The molecule has 16 heavy (non-hydrogen) atoms. The molecule has 0 amide bonds. The molecule has 0 aromatic carbocycles. The van der Waals surface area contributed by atoms with Crippen LogP contribution < -0.4 is 5.73 Å². The van der Waals surface area contributed by atoms with Gasteiger partial charge in [-0.15, -0.1) is 0 Å². The molecule has 0 bridgehead atoms. The van der Waals surface area contributed by atoms with Crippen LogP contribution in [0.25, 0.3) is 0 Å². The minimum absolute atomic E-state index is 0.0391. The zero-order chi connectivity index (χ0) is 12.3. The molecule has 0 fully saturated rings. The van der Waals surface area contributed by atoms with Crippen molar-refractivity contribution < 1.29 is 18.7 Å². The molecule has 0 aliphatic carbocycles. The van der Waals surface area contributed by atoms with Gasteiger partial charge in [0, 0.05) is 12.7 Å². The third kappa shape index (κ3) is 1.97. The first-order chi connectivity index (χ1) is 7.52. The minimum Gasteiger partial charge on any atom is -0.478 e. The van der Waals surface area contributed by atoms with Crippen LogP contribution in [0.2, 0.25) is 0 Å². The Kier molecular flexibility index (Phi) is 3.48. The summed E-state index contributed by atoms with van der Waals surface area (Å²) in [6.45, 7) is -0.206. The van der Waals surface area contributed by atoms with Crippen molar-refractivity contribution in [3.63, 3.8) is 0 Å². The number of carbonyl (C=O) groups is 1. The molecule has 0 saturated carbocycles. The Bertz CT molecular complexity index is 469. The first kappa shape index (κ1) is 12.0. The molecule has 5 nitrogen and oxygen atoms in total. The van der Waals surface area contributed by atoms with E-state index in [0.29, 0.717) is 0 Å². The Morgan fingerprint density at radius 1 is 1.69 bits per heavy atom. The maximum absolute atomic E-state index is 12.7. The van der Waals surface area contributed by atoms with Gasteiger partial charge in [0.25, 0.3) is 6.43 Å². The number of hydrogen-bond donors (Lipinski definition) is 2. The van der Waals surface area contributed by atoms with E-state index >= 15 is 0 Å². The molecule has 0 spiro atoms. The second kappa shape index (κ2) is 4.63. The highest BCUT2D eigenvalue weighted by Gasteiger charge is 2.24. The van der Waals surface area contributed by atoms with Gasteiger partial charge in [0.15, 0.2) is 0 Å². The molecule has 0 aliphatic rings. The molecule has 3 N–H and O–H groups in total. The summed E-state index contributed by atoms with van der Waals surface area (Å²) in [5.74, 6) is -1.55. The van der Waals surface area contributed by atoms with Crippen LogP contribution in [0.15, 0.2) is 6.20 Å².